The van der Waals surface area contributed by atoms with Gasteiger partial charge in [0.05, 0.1) is 0 Å². The van der Waals surface area contributed by atoms with Crippen LogP contribution < -0.4 is 10.6 Å². The molecule has 1 aromatic rings. The molecule has 5 nitrogen and oxygen atoms in total. The molecule has 0 unspecified atom stereocenters. The summed E-state index contributed by atoms with van der Waals surface area (Å²) in [5, 5.41) is 5.12. The van der Waals surface area contributed by atoms with Crippen LogP contribution in [0.3, 0.4) is 0 Å². The fourth-order valence-electron chi connectivity index (χ4n) is 1.37. The third-order valence-electron chi connectivity index (χ3n) is 2.15. The van der Waals surface area contributed by atoms with E-state index in [1.807, 2.05) is 24.5 Å². The first kappa shape index (κ1) is 16.4. The Kier molecular flexibility index (Phi) is 5.88. The summed E-state index contributed by atoms with van der Waals surface area (Å²) in [6.07, 6.45) is 1.36. The van der Waals surface area contributed by atoms with E-state index >= 15 is 0 Å². The largest absolute Gasteiger partial charge is 0.444 e. The van der Waals surface area contributed by atoms with Gasteiger partial charge in [0.15, 0.2) is 0 Å². The van der Waals surface area contributed by atoms with E-state index in [0.717, 1.165) is 4.90 Å². The van der Waals surface area contributed by atoms with E-state index < -0.39 is 11.7 Å². The van der Waals surface area contributed by atoms with Crippen molar-refractivity contribution in [1.29, 1.82) is 0 Å². The molecule has 0 atom stereocenters. The number of thioether (sulfide) groups is 1. The Morgan fingerprint density at radius 1 is 1.30 bits per heavy atom. The zero-order chi connectivity index (χ0) is 15.2. The quantitative estimate of drug-likeness (QED) is 0.838. The van der Waals surface area contributed by atoms with Gasteiger partial charge >= 0.3 is 6.09 Å². The predicted molar refractivity (Wildman–Crippen MR) is 81.1 cm³/mol. The van der Waals surface area contributed by atoms with Crippen LogP contribution >= 0.6 is 11.8 Å². The highest BCUT2D eigenvalue weighted by Crippen LogP contribution is 2.18. The maximum absolute atomic E-state index is 11.7. The van der Waals surface area contributed by atoms with Crippen molar-refractivity contribution in [2.75, 3.05) is 18.1 Å². The van der Waals surface area contributed by atoms with Crippen molar-refractivity contribution in [2.45, 2.75) is 31.3 Å². The third-order valence-corrected chi connectivity index (χ3v) is 2.87. The van der Waals surface area contributed by atoms with E-state index in [2.05, 4.69) is 10.6 Å². The van der Waals surface area contributed by atoms with Gasteiger partial charge in [-0.1, -0.05) is 6.07 Å². The molecule has 2 amide bonds. The summed E-state index contributed by atoms with van der Waals surface area (Å²) >= 11 is 1.59. The highest BCUT2D eigenvalue weighted by molar-refractivity contribution is 7.98. The predicted octanol–water partition coefficient (Wildman–Crippen LogP) is 2.87. The summed E-state index contributed by atoms with van der Waals surface area (Å²) < 4.78 is 5.04. The average Bonchev–Trinajstić information content (AvgIpc) is 2.34. The van der Waals surface area contributed by atoms with Gasteiger partial charge < -0.3 is 15.4 Å². The first-order valence-corrected chi connectivity index (χ1v) is 7.43. The molecule has 0 fully saturated rings. The molecule has 0 aromatic heterocycles. The Bertz CT molecular complexity index is 484. The number of benzene rings is 1. The number of hydrogen-bond acceptors (Lipinski definition) is 4. The number of hydrogen-bond donors (Lipinski definition) is 2. The van der Waals surface area contributed by atoms with E-state index in [-0.39, 0.29) is 12.5 Å². The number of rotatable bonds is 4. The number of carbonyl (C=O) groups excluding carboxylic acids is 2. The highest BCUT2D eigenvalue weighted by atomic mass is 32.2. The van der Waals surface area contributed by atoms with Gasteiger partial charge in [0.1, 0.15) is 12.1 Å². The normalized spacial score (nSPS) is 10.8. The first-order chi connectivity index (χ1) is 9.30. The number of amides is 2. The molecule has 20 heavy (non-hydrogen) atoms. The number of nitrogens with one attached hydrogen (secondary N) is 2. The molecule has 0 aliphatic carbocycles. The molecule has 2 N–H and O–H groups in total. The van der Waals surface area contributed by atoms with E-state index in [4.69, 9.17) is 4.74 Å². The fraction of sp³-hybridized carbons (Fsp3) is 0.429. The minimum Gasteiger partial charge on any atom is -0.444 e. The van der Waals surface area contributed by atoms with Gasteiger partial charge in [-0.3, -0.25) is 4.79 Å². The molecule has 0 aliphatic heterocycles. The minimum atomic E-state index is -0.606. The molecule has 0 saturated carbocycles. The summed E-state index contributed by atoms with van der Waals surface area (Å²) in [7, 11) is 0. The molecule has 1 rings (SSSR count). The number of ether oxygens (including phenoxy) is 1. The molecule has 0 heterocycles. The average molecular weight is 296 g/mol. The standard InChI is InChI=1S/C14H20N2O3S/c1-14(2,3)19-13(18)15-9-12(17)16-10-6-5-7-11(8-10)20-4/h5-8H,9H2,1-4H3,(H,15,18)(H,16,17). The lowest BCUT2D eigenvalue weighted by Crippen LogP contribution is -2.37. The molecular weight excluding hydrogens is 276 g/mol. The molecule has 0 radical (unpaired) electrons. The highest BCUT2D eigenvalue weighted by Gasteiger charge is 2.16. The van der Waals surface area contributed by atoms with Gasteiger partial charge in [0.2, 0.25) is 5.91 Å². The van der Waals surface area contributed by atoms with E-state index in [1.54, 1.807) is 38.6 Å². The van der Waals surface area contributed by atoms with Crippen LogP contribution in [0.2, 0.25) is 0 Å². The second-order valence-electron chi connectivity index (χ2n) is 5.14. The Morgan fingerprint density at radius 3 is 2.60 bits per heavy atom. The molecule has 1 aromatic carbocycles. The van der Waals surface area contributed by atoms with Gasteiger partial charge in [0, 0.05) is 10.6 Å². The summed E-state index contributed by atoms with van der Waals surface area (Å²) in [5.74, 6) is -0.297. The fourth-order valence-corrected chi connectivity index (χ4v) is 1.83. The van der Waals surface area contributed by atoms with Gasteiger partial charge in [-0.2, -0.15) is 0 Å². The lowest BCUT2D eigenvalue weighted by molar-refractivity contribution is -0.115. The Morgan fingerprint density at radius 2 is 2.00 bits per heavy atom. The van der Waals surface area contributed by atoms with Crippen molar-refractivity contribution < 1.29 is 14.3 Å². The maximum Gasteiger partial charge on any atom is 0.408 e. The van der Waals surface area contributed by atoms with Gasteiger partial charge in [-0.25, -0.2) is 4.79 Å². The van der Waals surface area contributed by atoms with E-state index in [1.165, 1.54) is 0 Å². The van der Waals surface area contributed by atoms with Crippen LogP contribution in [0.15, 0.2) is 29.2 Å². The van der Waals surface area contributed by atoms with Crippen molar-refractivity contribution in [3.63, 3.8) is 0 Å². The van der Waals surface area contributed by atoms with Crippen molar-refractivity contribution in [1.82, 2.24) is 5.32 Å². The molecular formula is C14H20N2O3S. The van der Waals surface area contributed by atoms with Crippen LogP contribution in [-0.4, -0.2) is 30.4 Å². The summed E-state index contributed by atoms with van der Waals surface area (Å²) in [4.78, 5) is 24.2. The Hall–Kier alpha value is -1.69. The first-order valence-electron chi connectivity index (χ1n) is 6.21. The third kappa shape index (κ3) is 6.47. The second kappa shape index (κ2) is 7.19. The van der Waals surface area contributed by atoms with Gasteiger partial charge in [-0.15, -0.1) is 11.8 Å². The lowest BCUT2D eigenvalue weighted by Gasteiger charge is -2.19. The zero-order valence-electron chi connectivity index (χ0n) is 12.1. The lowest BCUT2D eigenvalue weighted by atomic mass is 10.2. The number of anilines is 1. The van der Waals surface area contributed by atoms with E-state index in [0.29, 0.717) is 5.69 Å². The summed E-state index contributed by atoms with van der Waals surface area (Å²) in [6, 6.07) is 7.49. The Labute approximate surface area is 123 Å². The zero-order valence-corrected chi connectivity index (χ0v) is 13.0. The van der Waals surface area contributed by atoms with E-state index in [9.17, 15) is 9.59 Å². The number of carbonyl (C=O) groups is 2. The second-order valence-corrected chi connectivity index (χ2v) is 6.02. The van der Waals surface area contributed by atoms with Crippen molar-refractivity contribution in [2.24, 2.45) is 0 Å². The summed E-state index contributed by atoms with van der Waals surface area (Å²) in [6.45, 7) is 5.17. The van der Waals surface area contributed by atoms with Crippen LogP contribution in [0.5, 0.6) is 0 Å². The van der Waals surface area contributed by atoms with Crippen LogP contribution in [0.1, 0.15) is 20.8 Å². The number of alkyl carbamates (subject to hydrolysis) is 1. The van der Waals surface area contributed by atoms with Crippen molar-refractivity contribution >= 4 is 29.4 Å². The topological polar surface area (TPSA) is 67.4 Å². The smallest absolute Gasteiger partial charge is 0.408 e. The van der Waals surface area contributed by atoms with Crippen molar-refractivity contribution in [3.05, 3.63) is 24.3 Å². The molecule has 6 heteroatoms. The molecule has 0 bridgehead atoms. The molecule has 110 valence electrons. The van der Waals surface area contributed by atoms with Crippen LogP contribution in [0, 0.1) is 0 Å². The van der Waals surface area contributed by atoms with Gasteiger partial charge in [-0.05, 0) is 45.2 Å². The van der Waals surface area contributed by atoms with Crippen LogP contribution in [0.25, 0.3) is 0 Å². The van der Waals surface area contributed by atoms with Gasteiger partial charge in [0.25, 0.3) is 0 Å². The molecule has 0 aliphatic rings. The summed E-state index contributed by atoms with van der Waals surface area (Å²) in [5.41, 5.74) is 0.126. The van der Waals surface area contributed by atoms with Crippen LogP contribution in [0.4, 0.5) is 10.5 Å². The molecule has 0 saturated heterocycles. The monoisotopic (exact) mass is 296 g/mol. The van der Waals surface area contributed by atoms with Crippen LogP contribution in [-0.2, 0) is 9.53 Å². The maximum atomic E-state index is 11.7. The molecule has 0 spiro atoms. The minimum absolute atomic E-state index is 0.127. The Balaban J connectivity index is 2.42. The van der Waals surface area contributed by atoms with Crippen molar-refractivity contribution in [3.8, 4) is 0 Å². The SMILES string of the molecule is CSc1cccc(NC(=O)CNC(=O)OC(C)(C)C)c1.